The van der Waals surface area contributed by atoms with Crippen molar-refractivity contribution in [3.05, 3.63) is 12.2 Å². The minimum Gasteiger partial charge on any atom is -0.381 e. The molecule has 0 bridgehead atoms. The zero-order valence-electron chi connectivity index (χ0n) is 5.92. The third-order valence-electron chi connectivity index (χ3n) is 1.64. The third kappa shape index (κ3) is 2.20. The van der Waals surface area contributed by atoms with Gasteiger partial charge in [-0.15, -0.1) is 0 Å². The highest BCUT2D eigenvalue weighted by Crippen LogP contribution is 2.13. The highest BCUT2D eigenvalue weighted by Gasteiger charge is 2.09. The van der Waals surface area contributed by atoms with Crippen molar-refractivity contribution in [2.24, 2.45) is 5.92 Å². The molecular formula is C8H11NO. The Balaban J connectivity index is 2.27. The largest absolute Gasteiger partial charge is 0.381 e. The molecule has 0 aliphatic carbocycles. The molecule has 1 heterocycles. The van der Waals surface area contributed by atoms with Gasteiger partial charge in [0.1, 0.15) is 0 Å². The van der Waals surface area contributed by atoms with E-state index in [4.69, 9.17) is 10.00 Å². The zero-order valence-corrected chi connectivity index (χ0v) is 5.92. The van der Waals surface area contributed by atoms with Gasteiger partial charge in [0.25, 0.3) is 0 Å². The number of ether oxygens (including phenoxy) is 1. The van der Waals surface area contributed by atoms with Crippen LogP contribution in [0.1, 0.15) is 12.8 Å². The van der Waals surface area contributed by atoms with E-state index in [0.29, 0.717) is 5.92 Å². The minimum atomic E-state index is 0.480. The second-order valence-corrected chi connectivity index (χ2v) is 2.47. The predicted octanol–water partition coefficient (Wildman–Crippen LogP) is 1.49. The van der Waals surface area contributed by atoms with Gasteiger partial charge in [-0.1, -0.05) is 6.08 Å². The van der Waals surface area contributed by atoms with E-state index >= 15 is 0 Å². The Morgan fingerprint density at radius 3 is 3.10 bits per heavy atom. The SMILES string of the molecule is N#C/C=C/[C@H]1CCCOC1. The Morgan fingerprint density at radius 1 is 1.60 bits per heavy atom. The lowest BCUT2D eigenvalue weighted by Gasteiger charge is -2.17. The van der Waals surface area contributed by atoms with Crippen LogP contribution in [0.15, 0.2) is 12.2 Å². The van der Waals surface area contributed by atoms with Crippen molar-refractivity contribution in [3.8, 4) is 6.07 Å². The van der Waals surface area contributed by atoms with Crippen molar-refractivity contribution in [1.29, 1.82) is 5.26 Å². The van der Waals surface area contributed by atoms with E-state index < -0.39 is 0 Å². The van der Waals surface area contributed by atoms with E-state index in [-0.39, 0.29) is 0 Å². The zero-order chi connectivity index (χ0) is 7.23. The molecule has 1 atom stereocenters. The molecule has 1 rings (SSSR count). The average Bonchev–Trinajstić information content (AvgIpc) is 2.03. The molecule has 0 saturated carbocycles. The number of allylic oxidation sites excluding steroid dienone is 1. The summed E-state index contributed by atoms with van der Waals surface area (Å²) in [6.45, 7) is 1.68. The normalized spacial score (nSPS) is 26.5. The van der Waals surface area contributed by atoms with Crippen molar-refractivity contribution in [2.75, 3.05) is 13.2 Å². The van der Waals surface area contributed by atoms with Crippen molar-refractivity contribution in [2.45, 2.75) is 12.8 Å². The lowest BCUT2D eigenvalue weighted by atomic mass is 10.0. The van der Waals surface area contributed by atoms with Crippen molar-refractivity contribution in [1.82, 2.24) is 0 Å². The molecule has 54 valence electrons. The molecule has 0 N–H and O–H groups in total. The smallest absolute Gasteiger partial charge is 0.0908 e. The summed E-state index contributed by atoms with van der Waals surface area (Å²) in [5, 5.41) is 8.22. The first-order valence-electron chi connectivity index (χ1n) is 3.57. The number of rotatable bonds is 1. The fraction of sp³-hybridized carbons (Fsp3) is 0.625. The van der Waals surface area contributed by atoms with Gasteiger partial charge in [0.15, 0.2) is 0 Å². The molecule has 0 radical (unpaired) electrons. The highest BCUT2D eigenvalue weighted by atomic mass is 16.5. The fourth-order valence-electron chi connectivity index (χ4n) is 1.10. The van der Waals surface area contributed by atoms with Crippen LogP contribution in [0.25, 0.3) is 0 Å². The van der Waals surface area contributed by atoms with E-state index in [1.807, 2.05) is 12.1 Å². The standard InChI is InChI=1S/C8H11NO/c9-5-1-3-8-4-2-6-10-7-8/h1,3,8H,2,4,6-7H2/b3-1+/t8-/m0/s1. The summed E-state index contributed by atoms with van der Waals surface area (Å²) in [5.74, 6) is 0.480. The van der Waals surface area contributed by atoms with Gasteiger partial charge in [-0.3, -0.25) is 0 Å². The molecule has 2 nitrogen and oxygen atoms in total. The van der Waals surface area contributed by atoms with E-state index in [1.165, 1.54) is 0 Å². The summed E-state index contributed by atoms with van der Waals surface area (Å²) in [7, 11) is 0. The van der Waals surface area contributed by atoms with Crippen LogP contribution in [0.5, 0.6) is 0 Å². The van der Waals surface area contributed by atoms with Crippen LogP contribution in [0.4, 0.5) is 0 Å². The monoisotopic (exact) mass is 137 g/mol. The van der Waals surface area contributed by atoms with Gasteiger partial charge < -0.3 is 4.74 Å². The summed E-state index contributed by atoms with van der Waals surface area (Å²) in [5.41, 5.74) is 0. The second-order valence-electron chi connectivity index (χ2n) is 2.47. The number of nitrogens with zero attached hydrogens (tertiary/aromatic N) is 1. The molecule has 1 fully saturated rings. The van der Waals surface area contributed by atoms with Gasteiger partial charge in [-0.2, -0.15) is 5.26 Å². The fourth-order valence-corrected chi connectivity index (χ4v) is 1.10. The maximum atomic E-state index is 8.22. The van der Waals surface area contributed by atoms with Gasteiger partial charge in [0.2, 0.25) is 0 Å². The van der Waals surface area contributed by atoms with Crippen molar-refractivity contribution >= 4 is 0 Å². The molecule has 2 heteroatoms. The molecule has 0 spiro atoms. The van der Waals surface area contributed by atoms with Gasteiger partial charge in [0.05, 0.1) is 12.7 Å². The molecule has 0 unspecified atom stereocenters. The van der Waals surface area contributed by atoms with Crippen LogP contribution in [-0.4, -0.2) is 13.2 Å². The molecule has 0 aromatic heterocycles. The third-order valence-corrected chi connectivity index (χ3v) is 1.64. The Morgan fingerprint density at radius 2 is 2.50 bits per heavy atom. The molecular weight excluding hydrogens is 126 g/mol. The summed E-state index contributed by atoms with van der Waals surface area (Å²) >= 11 is 0. The van der Waals surface area contributed by atoms with Gasteiger partial charge >= 0.3 is 0 Å². The molecule has 0 amide bonds. The van der Waals surface area contributed by atoms with E-state index in [0.717, 1.165) is 26.1 Å². The first kappa shape index (κ1) is 7.30. The quantitative estimate of drug-likeness (QED) is 0.513. The van der Waals surface area contributed by atoms with Crippen LogP contribution >= 0.6 is 0 Å². The predicted molar refractivity (Wildman–Crippen MR) is 38.3 cm³/mol. The Bertz CT molecular complexity index is 151. The second kappa shape index (κ2) is 4.08. The molecule has 0 aromatic rings. The first-order chi connectivity index (χ1) is 4.93. The average molecular weight is 137 g/mol. The van der Waals surface area contributed by atoms with Crippen molar-refractivity contribution in [3.63, 3.8) is 0 Å². The molecule has 1 saturated heterocycles. The Hall–Kier alpha value is -0.810. The number of hydrogen-bond donors (Lipinski definition) is 0. The van der Waals surface area contributed by atoms with Gasteiger partial charge in [-0.05, 0) is 12.8 Å². The summed E-state index contributed by atoms with van der Waals surface area (Å²) < 4.78 is 5.22. The minimum absolute atomic E-state index is 0.480. The van der Waals surface area contributed by atoms with E-state index in [1.54, 1.807) is 6.08 Å². The maximum absolute atomic E-state index is 8.22. The van der Waals surface area contributed by atoms with Crippen LogP contribution in [-0.2, 0) is 4.74 Å². The summed E-state index contributed by atoms with van der Waals surface area (Å²) in [4.78, 5) is 0. The Kier molecular flexibility index (Phi) is 2.98. The number of hydrogen-bond acceptors (Lipinski definition) is 2. The summed E-state index contributed by atoms with van der Waals surface area (Å²) in [6.07, 6.45) is 5.76. The molecule has 10 heavy (non-hydrogen) atoms. The van der Waals surface area contributed by atoms with Crippen molar-refractivity contribution < 1.29 is 4.74 Å². The highest BCUT2D eigenvalue weighted by molar-refractivity contribution is 5.04. The lowest BCUT2D eigenvalue weighted by Crippen LogP contribution is -2.14. The molecule has 1 aliphatic rings. The number of nitriles is 1. The van der Waals surface area contributed by atoms with E-state index in [9.17, 15) is 0 Å². The van der Waals surface area contributed by atoms with Crippen LogP contribution < -0.4 is 0 Å². The molecule has 1 aliphatic heterocycles. The van der Waals surface area contributed by atoms with E-state index in [2.05, 4.69) is 0 Å². The van der Waals surface area contributed by atoms with Crippen LogP contribution in [0.3, 0.4) is 0 Å². The lowest BCUT2D eigenvalue weighted by molar-refractivity contribution is 0.0710. The van der Waals surface area contributed by atoms with Crippen LogP contribution in [0.2, 0.25) is 0 Å². The topological polar surface area (TPSA) is 33.0 Å². The van der Waals surface area contributed by atoms with Crippen LogP contribution in [0, 0.1) is 17.2 Å². The molecule has 0 aromatic carbocycles. The van der Waals surface area contributed by atoms with Gasteiger partial charge in [0, 0.05) is 18.6 Å². The summed E-state index contributed by atoms with van der Waals surface area (Å²) in [6, 6.07) is 1.98. The first-order valence-corrected chi connectivity index (χ1v) is 3.57. The van der Waals surface area contributed by atoms with Gasteiger partial charge in [-0.25, -0.2) is 0 Å². The maximum Gasteiger partial charge on any atom is 0.0908 e. The Labute approximate surface area is 61.1 Å².